The van der Waals surface area contributed by atoms with Gasteiger partial charge < -0.3 is 4.98 Å². The first-order chi connectivity index (χ1) is 8.75. The van der Waals surface area contributed by atoms with Gasteiger partial charge in [-0.15, -0.1) is 0 Å². The Hall–Kier alpha value is -1.94. The van der Waals surface area contributed by atoms with Crippen LogP contribution in [-0.2, 0) is 10.1 Å². The molecule has 10 heteroatoms. The van der Waals surface area contributed by atoms with E-state index in [0.29, 0.717) is 0 Å². The zero-order valence-corrected chi connectivity index (χ0v) is 10.1. The van der Waals surface area contributed by atoms with E-state index in [4.69, 9.17) is 13.0 Å². The van der Waals surface area contributed by atoms with E-state index in [0.717, 1.165) is 0 Å². The first kappa shape index (κ1) is 17.1. The van der Waals surface area contributed by atoms with Gasteiger partial charge in [-0.3, -0.25) is 9.54 Å². The second-order valence-corrected chi connectivity index (χ2v) is 4.12. The molecule has 0 aromatic carbocycles. The van der Waals surface area contributed by atoms with Crippen molar-refractivity contribution in [3.63, 3.8) is 0 Å². The predicted octanol–water partition coefficient (Wildman–Crippen LogP) is 1.89. The number of alkyl halides is 3. The summed E-state index contributed by atoms with van der Waals surface area (Å²) in [4.78, 5) is 10.2. The maximum atomic E-state index is 10.7. The Kier molecular flexibility index (Phi) is 7.37. The SMILES string of the molecule is O=S(=O)(O)C(F)(F)F.c1c[nH]cn1.c1ccncc1. The predicted molar refractivity (Wildman–Crippen MR) is 60.4 cm³/mol. The number of aromatic amines is 1. The van der Waals surface area contributed by atoms with Crippen LogP contribution in [0.25, 0.3) is 0 Å². The molecule has 0 saturated carbocycles. The third kappa shape index (κ3) is 9.73. The Morgan fingerprint density at radius 1 is 1.00 bits per heavy atom. The summed E-state index contributed by atoms with van der Waals surface area (Å²) in [6, 6.07) is 5.72. The molecule has 0 spiro atoms. The maximum absolute atomic E-state index is 10.7. The maximum Gasteiger partial charge on any atom is 0.522 e. The molecule has 19 heavy (non-hydrogen) atoms. The number of rotatable bonds is 0. The summed E-state index contributed by atoms with van der Waals surface area (Å²) >= 11 is 0. The molecule has 0 fully saturated rings. The van der Waals surface area contributed by atoms with Crippen molar-refractivity contribution in [3.8, 4) is 0 Å². The Bertz CT molecular complexity index is 471. The van der Waals surface area contributed by atoms with Crippen LogP contribution in [0.15, 0.2) is 49.3 Å². The largest absolute Gasteiger partial charge is 0.522 e. The van der Waals surface area contributed by atoms with E-state index in [1.165, 1.54) is 0 Å². The first-order valence-corrected chi connectivity index (χ1v) is 6.00. The molecule has 2 aromatic heterocycles. The van der Waals surface area contributed by atoms with Crippen LogP contribution < -0.4 is 0 Å². The average molecular weight is 297 g/mol. The number of nitrogens with zero attached hydrogens (tertiary/aromatic N) is 2. The lowest BCUT2D eigenvalue weighted by Gasteiger charge is -1.97. The van der Waals surface area contributed by atoms with Gasteiger partial charge in [0.25, 0.3) is 0 Å². The van der Waals surface area contributed by atoms with Crippen LogP contribution in [0.1, 0.15) is 0 Å². The molecule has 0 amide bonds. The molecule has 6 nitrogen and oxygen atoms in total. The molecule has 0 atom stereocenters. The van der Waals surface area contributed by atoms with E-state index >= 15 is 0 Å². The molecule has 0 aliphatic carbocycles. The molecule has 0 aliphatic heterocycles. The van der Waals surface area contributed by atoms with Crippen LogP contribution in [0.2, 0.25) is 0 Å². The average Bonchev–Trinajstić information content (AvgIpc) is 2.88. The van der Waals surface area contributed by atoms with Crippen molar-refractivity contribution in [1.29, 1.82) is 0 Å². The zero-order chi connectivity index (χ0) is 14.8. The Labute approximate surface area is 107 Å². The molecule has 2 aromatic rings. The second-order valence-electron chi connectivity index (χ2n) is 2.71. The summed E-state index contributed by atoms with van der Waals surface area (Å²) in [6.07, 6.45) is 8.58. The number of hydrogen-bond donors (Lipinski definition) is 2. The minimum Gasteiger partial charge on any atom is -0.351 e. The molecule has 2 rings (SSSR count). The molecule has 0 saturated heterocycles. The van der Waals surface area contributed by atoms with Crippen LogP contribution in [-0.4, -0.2) is 33.4 Å². The number of H-pyrrole nitrogens is 1. The van der Waals surface area contributed by atoms with Crippen LogP contribution in [0.3, 0.4) is 0 Å². The van der Waals surface area contributed by atoms with E-state index < -0.39 is 15.6 Å². The van der Waals surface area contributed by atoms with Crippen LogP contribution in [0.5, 0.6) is 0 Å². The minimum absolute atomic E-state index is 1.62. The van der Waals surface area contributed by atoms with Crippen molar-refractivity contribution in [3.05, 3.63) is 49.3 Å². The summed E-state index contributed by atoms with van der Waals surface area (Å²) in [5.41, 5.74) is -5.53. The van der Waals surface area contributed by atoms with Crippen molar-refractivity contribution in [2.24, 2.45) is 0 Å². The number of pyridine rings is 1. The highest BCUT2D eigenvalue weighted by Gasteiger charge is 2.44. The Morgan fingerprint density at radius 3 is 1.63 bits per heavy atom. The fourth-order valence-electron chi connectivity index (χ4n) is 0.528. The molecular formula is C9H10F3N3O3S. The quantitative estimate of drug-likeness (QED) is 0.572. The van der Waals surface area contributed by atoms with Gasteiger partial charge in [-0.2, -0.15) is 21.6 Å². The van der Waals surface area contributed by atoms with E-state index in [1.54, 1.807) is 31.1 Å². The summed E-state index contributed by atoms with van der Waals surface area (Å²) in [5, 5.41) is 0. The standard InChI is InChI=1S/C5H5N.C3H4N2.CHF3O3S/c1-2-4-6-5-3-1;1-2-5-3-4-1;2-1(3,4)8(5,6)7/h1-5H;1-3H,(H,4,5);(H,5,6,7). The molecule has 0 unspecified atom stereocenters. The normalized spacial score (nSPS) is 10.5. The van der Waals surface area contributed by atoms with Crippen LogP contribution >= 0.6 is 0 Å². The third-order valence-corrected chi connectivity index (χ3v) is 1.85. The van der Waals surface area contributed by atoms with Crippen molar-refractivity contribution in [2.75, 3.05) is 0 Å². The topological polar surface area (TPSA) is 95.9 Å². The van der Waals surface area contributed by atoms with E-state index in [-0.39, 0.29) is 0 Å². The smallest absolute Gasteiger partial charge is 0.351 e. The lowest BCUT2D eigenvalue weighted by molar-refractivity contribution is -0.0510. The number of aromatic nitrogens is 3. The molecule has 0 radical (unpaired) electrons. The molecule has 106 valence electrons. The Morgan fingerprint density at radius 2 is 1.53 bits per heavy atom. The van der Waals surface area contributed by atoms with Crippen molar-refractivity contribution in [2.45, 2.75) is 5.51 Å². The molecular weight excluding hydrogens is 287 g/mol. The van der Waals surface area contributed by atoms with Gasteiger partial charge >= 0.3 is 15.6 Å². The van der Waals surface area contributed by atoms with Crippen LogP contribution in [0, 0.1) is 0 Å². The summed E-state index contributed by atoms with van der Waals surface area (Å²) < 4.78 is 57.5. The fourth-order valence-corrected chi connectivity index (χ4v) is 0.528. The van der Waals surface area contributed by atoms with Gasteiger partial charge in [0.05, 0.1) is 6.33 Å². The van der Waals surface area contributed by atoms with Crippen LogP contribution in [0.4, 0.5) is 13.2 Å². The molecule has 2 heterocycles. The van der Waals surface area contributed by atoms with Gasteiger partial charge in [0.2, 0.25) is 0 Å². The van der Waals surface area contributed by atoms with Gasteiger partial charge in [-0.1, -0.05) is 6.07 Å². The third-order valence-electron chi connectivity index (χ3n) is 1.26. The first-order valence-electron chi connectivity index (χ1n) is 4.56. The number of hydrogen-bond acceptors (Lipinski definition) is 4. The second kappa shape index (κ2) is 8.21. The number of nitrogens with one attached hydrogen (secondary N) is 1. The highest BCUT2D eigenvalue weighted by Crippen LogP contribution is 2.20. The van der Waals surface area contributed by atoms with Gasteiger partial charge in [0.1, 0.15) is 0 Å². The summed E-state index contributed by atoms with van der Waals surface area (Å²) in [6.45, 7) is 0. The molecule has 0 bridgehead atoms. The summed E-state index contributed by atoms with van der Waals surface area (Å²) in [5.74, 6) is 0. The lowest BCUT2D eigenvalue weighted by atomic mass is 10.5. The molecule has 2 N–H and O–H groups in total. The molecule has 0 aliphatic rings. The number of imidazole rings is 1. The monoisotopic (exact) mass is 297 g/mol. The lowest BCUT2D eigenvalue weighted by Crippen LogP contribution is -2.21. The van der Waals surface area contributed by atoms with Crippen molar-refractivity contribution < 1.29 is 26.1 Å². The summed E-state index contributed by atoms with van der Waals surface area (Å²) in [7, 11) is -5.84. The highest BCUT2D eigenvalue weighted by atomic mass is 32.2. The minimum atomic E-state index is -5.84. The fraction of sp³-hybridized carbons (Fsp3) is 0.111. The van der Waals surface area contributed by atoms with Gasteiger partial charge in [0, 0.05) is 24.8 Å². The van der Waals surface area contributed by atoms with E-state index in [1.807, 2.05) is 18.2 Å². The highest BCUT2D eigenvalue weighted by molar-refractivity contribution is 7.86. The van der Waals surface area contributed by atoms with Gasteiger partial charge in [-0.05, 0) is 12.1 Å². The van der Waals surface area contributed by atoms with E-state index in [9.17, 15) is 13.2 Å². The number of halogens is 3. The van der Waals surface area contributed by atoms with Crippen molar-refractivity contribution >= 4 is 10.1 Å². The van der Waals surface area contributed by atoms with Gasteiger partial charge in [-0.25, -0.2) is 4.98 Å². The Balaban J connectivity index is 0.000000262. The zero-order valence-electron chi connectivity index (χ0n) is 9.32. The van der Waals surface area contributed by atoms with Crippen molar-refractivity contribution in [1.82, 2.24) is 15.0 Å². The van der Waals surface area contributed by atoms with Gasteiger partial charge in [0.15, 0.2) is 0 Å². The van der Waals surface area contributed by atoms with E-state index in [2.05, 4.69) is 15.0 Å².